The average molecular weight is 305 g/mol. The van der Waals surface area contributed by atoms with Crippen LogP contribution >= 0.6 is 0 Å². The fourth-order valence-electron chi connectivity index (χ4n) is 2.61. The first-order valence-corrected chi connectivity index (χ1v) is 7.12. The maximum Gasteiger partial charge on any atom is 0.419 e. The monoisotopic (exact) mass is 305 g/mol. The van der Waals surface area contributed by atoms with E-state index in [1.807, 2.05) is 6.92 Å². The number of halogens is 4. The summed E-state index contributed by atoms with van der Waals surface area (Å²) in [4.78, 5) is 0. The Kier molecular flexibility index (Phi) is 5.22. The van der Waals surface area contributed by atoms with Crippen LogP contribution in [-0.4, -0.2) is 19.7 Å². The maximum absolute atomic E-state index is 13.3. The predicted octanol–water partition coefficient (Wildman–Crippen LogP) is 3.92. The van der Waals surface area contributed by atoms with Gasteiger partial charge in [0, 0.05) is 19.1 Å². The van der Waals surface area contributed by atoms with Crippen molar-refractivity contribution >= 4 is 0 Å². The summed E-state index contributed by atoms with van der Waals surface area (Å²) in [5, 5.41) is 3.26. The lowest BCUT2D eigenvalue weighted by Crippen LogP contribution is -2.25. The van der Waals surface area contributed by atoms with E-state index >= 15 is 0 Å². The lowest BCUT2D eigenvalue weighted by Gasteiger charge is -2.20. The van der Waals surface area contributed by atoms with Crippen LogP contribution in [0, 0.1) is 11.7 Å². The van der Waals surface area contributed by atoms with Gasteiger partial charge in [0.15, 0.2) is 0 Å². The molecule has 0 saturated carbocycles. The highest BCUT2D eigenvalue weighted by Crippen LogP contribution is 2.38. The van der Waals surface area contributed by atoms with Crippen LogP contribution in [-0.2, 0) is 10.9 Å². The number of rotatable bonds is 5. The minimum Gasteiger partial charge on any atom is -0.373 e. The molecule has 0 aromatic heterocycles. The van der Waals surface area contributed by atoms with Gasteiger partial charge in [0.1, 0.15) is 5.82 Å². The van der Waals surface area contributed by atoms with Crippen molar-refractivity contribution in [3.8, 4) is 0 Å². The Hall–Kier alpha value is -1.14. The Morgan fingerprint density at radius 3 is 2.76 bits per heavy atom. The molecule has 1 saturated heterocycles. The molecule has 2 atom stereocenters. The first-order valence-electron chi connectivity index (χ1n) is 7.12. The molecule has 0 amide bonds. The van der Waals surface area contributed by atoms with Gasteiger partial charge in [-0.15, -0.1) is 0 Å². The Bertz CT molecular complexity index is 475. The summed E-state index contributed by atoms with van der Waals surface area (Å²) in [5.41, 5.74) is -0.833. The third-order valence-electron chi connectivity index (χ3n) is 3.67. The predicted molar refractivity (Wildman–Crippen MR) is 71.4 cm³/mol. The third-order valence-corrected chi connectivity index (χ3v) is 3.67. The zero-order chi connectivity index (χ0) is 15.5. The van der Waals surface area contributed by atoms with Crippen molar-refractivity contribution in [2.45, 2.75) is 32.0 Å². The fourth-order valence-corrected chi connectivity index (χ4v) is 2.61. The van der Waals surface area contributed by atoms with Crippen LogP contribution in [0.1, 0.15) is 37.0 Å². The largest absolute Gasteiger partial charge is 0.419 e. The summed E-state index contributed by atoms with van der Waals surface area (Å²) in [6.07, 6.45) is -3.31. The van der Waals surface area contributed by atoms with E-state index in [0.717, 1.165) is 31.5 Å². The van der Waals surface area contributed by atoms with Gasteiger partial charge in [-0.25, -0.2) is 4.39 Å². The lowest BCUT2D eigenvalue weighted by molar-refractivity contribution is -0.140. The lowest BCUT2D eigenvalue weighted by atomic mass is 9.94. The SMILES string of the molecule is CCCNCC1CCOC1c1ccc(F)c(C(F)(F)F)c1. The van der Waals surface area contributed by atoms with Gasteiger partial charge in [0.05, 0.1) is 11.7 Å². The molecule has 1 fully saturated rings. The molecule has 1 aliphatic rings. The molecule has 2 rings (SSSR count). The Morgan fingerprint density at radius 1 is 1.33 bits per heavy atom. The smallest absolute Gasteiger partial charge is 0.373 e. The molecule has 6 heteroatoms. The highest BCUT2D eigenvalue weighted by molar-refractivity contribution is 5.29. The zero-order valence-electron chi connectivity index (χ0n) is 11.8. The Balaban J connectivity index is 2.17. The molecule has 2 unspecified atom stereocenters. The van der Waals surface area contributed by atoms with Crippen molar-refractivity contribution in [1.29, 1.82) is 0 Å². The minimum absolute atomic E-state index is 0.114. The van der Waals surface area contributed by atoms with Crippen molar-refractivity contribution in [2.75, 3.05) is 19.7 Å². The number of nitrogens with one attached hydrogen (secondary N) is 1. The number of benzene rings is 1. The van der Waals surface area contributed by atoms with Gasteiger partial charge in [0.25, 0.3) is 0 Å². The first-order chi connectivity index (χ1) is 9.93. The molecule has 118 valence electrons. The zero-order valence-corrected chi connectivity index (χ0v) is 11.8. The molecule has 1 N–H and O–H groups in total. The summed E-state index contributed by atoms with van der Waals surface area (Å²) in [5.74, 6) is -1.13. The highest BCUT2D eigenvalue weighted by atomic mass is 19.4. The van der Waals surface area contributed by atoms with Crippen LogP contribution in [0.15, 0.2) is 18.2 Å². The van der Waals surface area contributed by atoms with Crippen LogP contribution in [0.2, 0.25) is 0 Å². The van der Waals surface area contributed by atoms with Gasteiger partial charge in [-0.05, 0) is 37.1 Å². The fraction of sp³-hybridized carbons (Fsp3) is 0.600. The summed E-state index contributed by atoms with van der Waals surface area (Å²) >= 11 is 0. The van der Waals surface area contributed by atoms with E-state index in [1.165, 1.54) is 6.07 Å². The van der Waals surface area contributed by atoms with E-state index in [4.69, 9.17) is 4.74 Å². The summed E-state index contributed by atoms with van der Waals surface area (Å²) in [6.45, 7) is 4.12. The first kappa shape index (κ1) is 16.2. The van der Waals surface area contributed by atoms with Gasteiger partial charge in [-0.3, -0.25) is 0 Å². The van der Waals surface area contributed by atoms with E-state index in [0.29, 0.717) is 18.7 Å². The van der Waals surface area contributed by atoms with E-state index in [-0.39, 0.29) is 5.92 Å². The van der Waals surface area contributed by atoms with Crippen LogP contribution in [0.5, 0.6) is 0 Å². The molecule has 0 radical (unpaired) electrons. The standard InChI is InChI=1S/C15H19F4NO/c1-2-6-20-9-11-5-7-21-14(11)10-3-4-13(16)12(8-10)15(17,18)19/h3-4,8,11,14,20H,2,5-7,9H2,1H3. The second-order valence-corrected chi connectivity index (χ2v) is 5.28. The van der Waals surface area contributed by atoms with E-state index in [9.17, 15) is 17.6 Å². The molecule has 0 spiro atoms. The highest BCUT2D eigenvalue weighted by Gasteiger charge is 2.36. The molecule has 21 heavy (non-hydrogen) atoms. The molecule has 0 aliphatic carbocycles. The number of ether oxygens (including phenoxy) is 1. The molecule has 1 aromatic rings. The number of hydrogen-bond donors (Lipinski definition) is 1. The summed E-state index contributed by atoms with van der Waals surface area (Å²) in [6, 6.07) is 3.13. The second-order valence-electron chi connectivity index (χ2n) is 5.28. The number of alkyl halides is 3. The van der Waals surface area contributed by atoms with Crippen molar-refractivity contribution in [2.24, 2.45) is 5.92 Å². The topological polar surface area (TPSA) is 21.3 Å². The summed E-state index contributed by atoms with van der Waals surface area (Å²) in [7, 11) is 0. The molecule has 1 heterocycles. The second kappa shape index (κ2) is 6.75. The Morgan fingerprint density at radius 2 is 2.10 bits per heavy atom. The molecule has 0 bridgehead atoms. The van der Waals surface area contributed by atoms with Crippen LogP contribution in [0.4, 0.5) is 17.6 Å². The minimum atomic E-state index is -4.69. The maximum atomic E-state index is 13.3. The van der Waals surface area contributed by atoms with Gasteiger partial charge in [-0.2, -0.15) is 13.2 Å². The van der Waals surface area contributed by atoms with Crippen LogP contribution in [0.25, 0.3) is 0 Å². The van der Waals surface area contributed by atoms with Crippen molar-refractivity contribution < 1.29 is 22.3 Å². The van der Waals surface area contributed by atoms with Gasteiger partial charge >= 0.3 is 6.18 Å². The van der Waals surface area contributed by atoms with E-state index < -0.39 is 23.7 Å². The van der Waals surface area contributed by atoms with Crippen molar-refractivity contribution in [3.63, 3.8) is 0 Å². The van der Waals surface area contributed by atoms with E-state index in [1.54, 1.807) is 0 Å². The van der Waals surface area contributed by atoms with Gasteiger partial charge in [-0.1, -0.05) is 13.0 Å². The molecule has 1 aliphatic heterocycles. The normalized spacial score (nSPS) is 22.7. The molecular weight excluding hydrogens is 286 g/mol. The third kappa shape index (κ3) is 3.95. The van der Waals surface area contributed by atoms with E-state index in [2.05, 4.69) is 5.32 Å². The van der Waals surface area contributed by atoms with Gasteiger partial charge in [0.2, 0.25) is 0 Å². The van der Waals surface area contributed by atoms with Crippen molar-refractivity contribution in [1.82, 2.24) is 5.32 Å². The average Bonchev–Trinajstić information content (AvgIpc) is 2.87. The molecular formula is C15H19F4NO. The van der Waals surface area contributed by atoms with Crippen LogP contribution in [0.3, 0.4) is 0 Å². The Labute approximate surface area is 121 Å². The van der Waals surface area contributed by atoms with Crippen molar-refractivity contribution in [3.05, 3.63) is 35.1 Å². The molecule has 1 aromatic carbocycles. The summed E-state index contributed by atoms with van der Waals surface area (Å²) < 4.78 is 57.2. The quantitative estimate of drug-likeness (QED) is 0.657. The molecule has 2 nitrogen and oxygen atoms in total. The number of hydrogen-bond acceptors (Lipinski definition) is 2. The van der Waals surface area contributed by atoms with Crippen LogP contribution < -0.4 is 5.32 Å². The van der Waals surface area contributed by atoms with Gasteiger partial charge < -0.3 is 10.1 Å².